The summed E-state index contributed by atoms with van der Waals surface area (Å²) in [6.07, 6.45) is 1.42. The number of hydrogen-bond donors (Lipinski definition) is 2. The molecule has 106 valence electrons. The van der Waals surface area contributed by atoms with E-state index in [2.05, 4.69) is 50.5 Å². The van der Waals surface area contributed by atoms with Crippen molar-refractivity contribution < 1.29 is 4.79 Å². The highest BCUT2D eigenvalue weighted by Gasteiger charge is 2.09. The lowest BCUT2D eigenvalue weighted by atomic mass is 10.0. The van der Waals surface area contributed by atoms with E-state index in [1.54, 1.807) is 0 Å². The molecular weight excluding hydrogens is 236 g/mol. The average Bonchev–Trinajstić information content (AvgIpc) is 2.31. The highest BCUT2D eigenvalue weighted by molar-refractivity contribution is 5.76. The van der Waals surface area contributed by atoms with Gasteiger partial charge in [0.25, 0.3) is 0 Å². The zero-order valence-corrected chi connectivity index (χ0v) is 12.5. The van der Waals surface area contributed by atoms with Gasteiger partial charge in [-0.1, -0.05) is 38.1 Å². The Bertz CT molecular complexity index is 401. The van der Waals surface area contributed by atoms with E-state index in [1.165, 1.54) is 11.1 Å². The second-order valence-corrected chi connectivity index (χ2v) is 5.46. The number of hydrogen-bond acceptors (Lipinski definition) is 2. The van der Waals surface area contributed by atoms with Crippen LogP contribution in [0.25, 0.3) is 0 Å². The third kappa shape index (κ3) is 6.39. The summed E-state index contributed by atoms with van der Waals surface area (Å²) in [4.78, 5) is 11.8. The van der Waals surface area contributed by atoms with E-state index < -0.39 is 0 Å². The van der Waals surface area contributed by atoms with Crippen molar-refractivity contribution in [3.63, 3.8) is 0 Å². The molecule has 3 nitrogen and oxygen atoms in total. The second-order valence-electron chi connectivity index (χ2n) is 5.46. The van der Waals surface area contributed by atoms with E-state index in [1.807, 2.05) is 12.1 Å². The van der Waals surface area contributed by atoms with Crippen LogP contribution in [0.3, 0.4) is 0 Å². The second kappa shape index (κ2) is 7.95. The number of nitrogens with one attached hydrogen (secondary N) is 2. The highest BCUT2D eigenvalue weighted by Crippen LogP contribution is 2.09. The fraction of sp³-hybridized carbons (Fsp3) is 0.562. The van der Waals surface area contributed by atoms with Crippen LogP contribution in [0, 0.1) is 6.92 Å². The highest BCUT2D eigenvalue weighted by atomic mass is 16.1. The molecule has 0 bridgehead atoms. The zero-order valence-electron chi connectivity index (χ0n) is 12.5. The number of benzene rings is 1. The summed E-state index contributed by atoms with van der Waals surface area (Å²) < 4.78 is 0. The maximum absolute atomic E-state index is 11.8. The van der Waals surface area contributed by atoms with Gasteiger partial charge in [-0.2, -0.15) is 0 Å². The van der Waals surface area contributed by atoms with Gasteiger partial charge in [0.1, 0.15) is 0 Å². The molecular formula is C16H26N2O. The maximum atomic E-state index is 11.8. The van der Waals surface area contributed by atoms with Gasteiger partial charge >= 0.3 is 0 Å². The molecule has 0 fully saturated rings. The van der Waals surface area contributed by atoms with Crippen molar-refractivity contribution in [3.8, 4) is 0 Å². The molecule has 1 aromatic carbocycles. The van der Waals surface area contributed by atoms with Crippen molar-refractivity contribution in [1.82, 2.24) is 10.6 Å². The Morgan fingerprint density at radius 1 is 1.21 bits per heavy atom. The van der Waals surface area contributed by atoms with Gasteiger partial charge < -0.3 is 10.6 Å². The third-order valence-corrected chi connectivity index (χ3v) is 3.10. The van der Waals surface area contributed by atoms with Gasteiger partial charge in [0.2, 0.25) is 5.91 Å². The van der Waals surface area contributed by atoms with E-state index in [9.17, 15) is 4.79 Å². The van der Waals surface area contributed by atoms with E-state index in [-0.39, 0.29) is 11.9 Å². The van der Waals surface area contributed by atoms with E-state index in [4.69, 9.17) is 0 Å². The first-order valence-corrected chi connectivity index (χ1v) is 7.06. The van der Waals surface area contributed by atoms with Crippen LogP contribution in [0.4, 0.5) is 0 Å². The standard InChI is InChI=1S/C16H26N2O/c1-12(2)17-10-9-16(19)18-14(4)11-15-8-6-5-7-13(15)3/h5-8,12,14,17H,9-11H2,1-4H3,(H,18,19). The monoisotopic (exact) mass is 262 g/mol. The molecule has 0 aliphatic rings. The summed E-state index contributed by atoms with van der Waals surface area (Å²) in [5, 5.41) is 6.30. The number of aryl methyl sites for hydroxylation is 1. The summed E-state index contributed by atoms with van der Waals surface area (Å²) in [7, 11) is 0. The van der Waals surface area contributed by atoms with Gasteiger partial charge in [-0.05, 0) is 31.4 Å². The van der Waals surface area contributed by atoms with Gasteiger partial charge in [0, 0.05) is 25.0 Å². The van der Waals surface area contributed by atoms with Gasteiger partial charge in [-0.25, -0.2) is 0 Å². The third-order valence-electron chi connectivity index (χ3n) is 3.10. The van der Waals surface area contributed by atoms with E-state index in [0.29, 0.717) is 12.5 Å². The predicted octanol–water partition coefficient (Wildman–Crippen LogP) is 2.43. The first kappa shape index (κ1) is 15.7. The van der Waals surface area contributed by atoms with Crippen molar-refractivity contribution in [3.05, 3.63) is 35.4 Å². The molecule has 1 rings (SSSR count). The topological polar surface area (TPSA) is 41.1 Å². The van der Waals surface area contributed by atoms with Crippen LogP contribution in [0.1, 0.15) is 38.3 Å². The van der Waals surface area contributed by atoms with Crippen molar-refractivity contribution in [2.45, 2.75) is 52.6 Å². The fourth-order valence-corrected chi connectivity index (χ4v) is 2.04. The molecule has 0 radical (unpaired) electrons. The lowest BCUT2D eigenvalue weighted by Crippen LogP contribution is -2.36. The summed E-state index contributed by atoms with van der Waals surface area (Å²) in [5.41, 5.74) is 2.58. The smallest absolute Gasteiger partial charge is 0.221 e. The SMILES string of the molecule is Cc1ccccc1CC(C)NC(=O)CCNC(C)C. The Hall–Kier alpha value is -1.35. The van der Waals surface area contributed by atoms with E-state index >= 15 is 0 Å². The summed E-state index contributed by atoms with van der Waals surface area (Å²) in [5.74, 6) is 0.120. The van der Waals surface area contributed by atoms with Gasteiger partial charge in [0.05, 0.1) is 0 Å². The normalized spacial score (nSPS) is 12.5. The van der Waals surface area contributed by atoms with Crippen LogP contribution in [0.2, 0.25) is 0 Å². The average molecular weight is 262 g/mol. The first-order chi connectivity index (χ1) is 8.99. The molecule has 1 aromatic rings. The Labute approximate surface area is 116 Å². The molecule has 1 unspecified atom stereocenters. The predicted molar refractivity (Wildman–Crippen MR) is 80.2 cm³/mol. The lowest BCUT2D eigenvalue weighted by molar-refractivity contribution is -0.121. The molecule has 3 heteroatoms. The van der Waals surface area contributed by atoms with Crippen molar-refractivity contribution in [2.75, 3.05) is 6.54 Å². The number of carbonyl (C=O) groups excluding carboxylic acids is 1. The molecule has 0 aliphatic carbocycles. The Balaban J connectivity index is 2.33. The number of carbonyl (C=O) groups is 1. The molecule has 2 N–H and O–H groups in total. The molecule has 0 saturated heterocycles. The molecule has 0 saturated carbocycles. The Morgan fingerprint density at radius 3 is 2.53 bits per heavy atom. The number of amides is 1. The van der Waals surface area contributed by atoms with Crippen LogP contribution in [0.15, 0.2) is 24.3 Å². The summed E-state index contributed by atoms with van der Waals surface area (Å²) in [6, 6.07) is 8.92. The maximum Gasteiger partial charge on any atom is 0.221 e. The first-order valence-electron chi connectivity index (χ1n) is 7.06. The van der Waals surface area contributed by atoms with Crippen molar-refractivity contribution in [1.29, 1.82) is 0 Å². The quantitative estimate of drug-likeness (QED) is 0.792. The van der Waals surface area contributed by atoms with Gasteiger partial charge in [-0.15, -0.1) is 0 Å². The zero-order chi connectivity index (χ0) is 14.3. The fourth-order valence-electron chi connectivity index (χ4n) is 2.04. The minimum absolute atomic E-state index is 0.120. The largest absolute Gasteiger partial charge is 0.353 e. The van der Waals surface area contributed by atoms with Crippen LogP contribution in [0.5, 0.6) is 0 Å². The van der Waals surface area contributed by atoms with Crippen LogP contribution < -0.4 is 10.6 Å². The minimum Gasteiger partial charge on any atom is -0.353 e. The Morgan fingerprint density at radius 2 is 1.89 bits per heavy atom. The van der Waals surface area contributed by atoms with E-state index in [0.717, 1.165) is 13.0 Å². The molecule has 1 atom stereocenters. The van der Waals surface area contributed by atoms with Gasteiger partial charge in [-0.3, -0.25) is 4.79 Å². The molecule has 0 aromatic heterocycles. The summed E-state index contributed by atoms with van der Waals surface area (Å²) in [6.45, 7) is 9.06. The molecule has 0 spiro atoms. The minimum atomic E-state index is 0.120. The molecule has 0 heterocycles. The van der Waals surface area contributed by atoms with Crippen LogP contribution in [-0.4, -0.2) is 24.5 Å². The molecule has 1 amide bonds. The van der Waals surface area contributed by atoms with Crippen molar-refractivity contribution in [2.24, 2.45) is 0 Å². The summed E-state index contributed by atoms with van der Waals surface area (Å²) >= 11 is 0. The van der Waals surface area contributed by atoms with Crippen molar-refractivity contribution >= 4 is 5.91 Å². The Kier molecular flexibility index (Phi) is 6.57. The lowest BCUT2D eigenvalue weighted by Gasteiger charge is -2.16. The van der Waals surface area contributed by atoms with Gasteiger partial charge in [0.15, 0.2) is 0 Å². The van der Waals surface area contributed by atoms with Crippen LogP contribution in [-0.2, 0) is 11.2 Å². The van der Waals surface area contributed by atoms with Crippen LogP contribution >= 0.6 is 0 Å². The number of rotatable bonds is 7. The molecule has 19 heavy (non-hydrogen) atoms. The molecule has 0 aliphatic heterocycles.